The van der Waals surface area contributed by atoms with Gasteiger partial charge in [0.05, 0.1) is 32.8 Å². The van der Waals surface area contributed by atoms with E-state index in [-0.39, 0.29) is 11.1 Å². The monoisotopic (exact) mass is 940 g/mol. The van der Waals surface area contributed by atoms with Gasteiger partial charge in [-0.2, -0.15) is 0 Å². The van der Waals surface area contributed by atoms with Crippen molar-refractivity contribution in [2.24, 2.45) is 0 Å². The van der Waals surface area contributed by atoms with Crippen LogP contribution in [-0.4, -0.2) is 18.8 Å². The van der Waals surface area contributed by atoms with E-state index in [4.69, 9.17) is 9.97 Å². The minimum absolute atomic E-state index is 0.0155. The summed E-state index contributed by atoms with van der Waals surface area (Å²) >= 11 is 0. The molecule has 6 nitrogen and oxygen atoms in total. The van der Waals surface area contributed by atoms with Gasteiger partial charge in [-0.1, -0.05) is 0 Å². The highest BCUT2D eigenvalue weighted by Gasteiger charge is 2.34. The molecule has 10 aromatic carbocycles. The van der Waals surface area contributed by atoms with Gasteiger partial charge in [-0.15, -0.1) is 0 Å². The van der Waals surface area contributed by atoms with Crippen molar-refractivity contribution >= 4 is 130 Å². The second-order valence-electron chi connectivity index (χ2n) is 22.8. The maximum Gasteiger partial charge on any atom is 0.265 e. The SMILES string of the molecule is Cc1c(C)c(C)c2c(nc3c4c(C)c(C)c5c6c(C)c(C)c7c8c(C)c(C)c9c(=O)n%10c(nc%11c(C)c(C)c(C)c(C)c%11%10)c%10c(C)c(C)c(c%11c(C)c(C)c(c%12c(C)c(C)c(c(=O)n32)c4c%125)c6c7%11)c8c9%10)c1C. The van der Waals surface area contributed by atoms with Gasteiger partial charge in [-0.3, -0.25) is 18.4 Å². The second kappa shape index (κ2) is 13.1. The number of hydrogen-bond donors (Lipinski definition) is 0. The number of aromatic nitrogens is 4. The Hall–Kier alpha value is -7.18. The van der Waals surface area contributed by atoms with Crippen molar-refractivity contribution in [1.82, 2.24) is 18.8 Å². The van der Waals surface area contributed by atoms with E-state index in [0.29, 0.717) is 0 Å². The first kappa shape index (κ1) is 43.6. The molecule has 4 aromatic heterocycles. The zero-order valence-electron chi connectivity index (χ0n) is 45.6. The highest BCUT2D eigenvalue weighted by Crippen LogP contribution is 2.57. The average Bonchev–Trinajstić information content (AvgIpc) is 3.96. The van der Waals surface area contributed by atoms with E-state index in [1.165, 1.54) is 131 Å². The molecule has 0 saturated carbocycles. The predicted octanol–water partition coefficient (Wildman–Crippen LogP) is 16.3. The molecule has 0 bridgehead atoms. The molecule has 14 aromatic rings. The largest absolute Gasteiger partial charge is 0.268 e. The lowest BCUT2D eigenvalue weighted by Crippen LogP contribution is -2.17. The number of pyridine rings is 2. The summed E-state index contributed by atoms with van der Waals surface area (Å²) in [6.45, 7) is 44.7. The molecule has 0 amide bonds. The second-order valence-corrected chi connectivity index (χ2v) is 22.8. The molecule has 0 aliphatic heterocycles. The third kappa shape index (κ3) is 4.28. The van der Waals surface area contributed by atoms with Gasteiger partial charge in [0.1, 0.15) is 11.3 Å². The first-order valence-electron chi connectivity index (χ1n) is 25.9. The number of hydrogen-bond acceptors (Lipinski definition) is 4. The summed E-state index contributed by atoms with van der Waals surface area (Å²) < 4.78 is 3.93. The molecule has 4 heterocycles. The van der Waals surface area contributed by atoms with Crippen LogP contribution in [0.15, 0.2) is 9.59 Å². The van der Waals surface area contributed by atoms with E-state index >= 15 is 9.59 Å². The lowest BCUT2D eigenvalue weighted by Gasteiger charge is -2.30. The number of benzene rings is 10. The molecule has 0 N–H and O–H groups in total. The van der Waals surface area contributed by atoms with Crippen LogP contribution in [0, 0.1) is 138 Å². The van der Waals surface area contributed by atoms with Gasteiger partial charge >= 0.3 is 0 Å². The van der Waals surface area contributed by atoms with E-state index in [2.05, 4.69) is 138 Å². The maximum absolute atomic E-state index is 15.6. The zero-order valence-corrected chi connectivity index (χ0v) is 45.6. The smallest absolute Gasteiger partial charge is 0.265 e. The van der Waals surface area contributed by atoms with Crippen molar-refractivity contribution in [2.45, 2.75) is 138 Å². The number of nitrogens with zero attached hydrogens (tertiary/aromatic N) is 4. The Morgan fingerprint density at radius 2 is 0.403 bits per heavy atom. The Labute approximate surface area is 417 Å². The predicted molar refractivity (Wildman–Crippen MR) is 309 cm³/mol. The first-order chi connectivity index (χ1) is 34.0. The van der Waals surface area contributed by atoms with Crippen LogP contribution in [0.3, 0.4) is 0 Å². The third-order valence-corrected chi connectivity index (χ3v) is 20.5. The van der Waals surface area contributed by atoms with Crippen molar-refractivity contribution in [1.29, 1.82) is 0 Å². The van der Waals surface area contributed by atoms with Gasteiger partial charge < -0.3 is 0 Å². The van der Waals surface area contributed by atoms with Gasteiger partial charge in [-0.05, 0) is 314 Å². The third-order valence-electron chi connectivity index (χ3n) is 20.5. The summed E-state index contributed by atoms with van der Waals surface area (Å²) in [7, 11) is 0. The summed E-state index contributed by atoms with van der Waals surface area (Å²) in [5.41, 5.74) is 28.8. The fourth-order valence-electron chi connectivity index (χ4n) is 15.2. The fraction of sp³-hybridized carbons (Fsp3) is 0.303. The summed E-state index contributed by atoms with van der Waals surface area (Å²) in [6, 6.07) is 0. The molecule has 14 rings (SSSR count). The molecule has 0 aliphatic carbocycles. The topological polar surface area (TPSA) is 68.7 Å². The first-order valence-corrected chi connectivity index (χ1v) is 25.9. The zero-order chi connectivity index (χ0) is 51.1. The van der Waals surface area contributed by atoms with Gasteiger partial charge in [0.25, 0.3) is 11.1 Å². The Morgan fingerprint density at radius 1 is 0.208 bits per heavy atom. The van der Waals surface area contributed by atoms with Crippen LogP contribution in [0.1, 0.15) is 111 Å². The highest BCUT2D eigenvalue weighted by atomic mass is 16.1. The number of rotatable bonds is 0. The van der Waals surface area contributed by atoms with Crippen LogP contribution in [0.25, 0.3) is 130 Å². The summed E-state index contributed by atoms with van der Waals surface area (Å²) in [6.07, 6.45) is 0. The van der Waals surface area contributed by atoms with Gasteiger partial charge in [0.15, 0.2) is 0 Å². The minimum atomic E-state index is 0.0155. The van der Waals surface area contributed by atoms with E-state index in [0.717, 1.165) is 110 Å². The molecule has 356 valence electrons. The highest BCUT2D eigenvalue weighted by molar-refractivity contribution is 6.48. The molecule has 0 atom stereocenters. The molecule has 0 radical (unpaired) electrons. The van der Waals surface area contributed by atoms with Crippen LogP contribution in [0.2, 0.25) is 0 Å². The van der Waals surface area contributed by atoms with Crippen LogP contribution in [-0.2, 0) is 0 Å². The summed E-state index contributed by atoms with van der Waals surface area (Å²) in [5, 5.41) is 20.9. The van der Waals surface area contributed by atoms with Crippen LogP contribution < -0.4 is 11.1 Å². The normalized spacial score (nSPS) is 13.1. The maximum atomic E-state index is 15.6. The van der Waals surface area contributed by atoms with Crippen molar-refractivity contribution in [3.63, 3.8) is 0 Å². The molecule has 6 heteroatoms. The van der Waals surface area contributed by atoms with Gasteiger partial charge in [0.2, 0.25) is 0 Å². The fourth-order valence-corrected chi connectivity index (χ4v) is 15.2. The van der Waals surface area contributed by atoms with E-state index in [9.17, 15) is 0 Å². The van der Waals surface area contributed by atoms with Crippen LogP contribution in [0.4, 0.5) is 0 Å². The molecule has 0 aliphatic rings. The molecule has 0 spiro atoms. The number of imidazole rings is 2. The average molecular weight is 941 g/mol. The summed E-state index contributed by atoms with van der Waals surface area (Å²) in [5.74, 6) is 0. The molecule has 72 heavy (non-hydrogen) atoms. The van der Waals surface area contributed by atoms with Crippen molar-refractivity contribution in [3.05, 3.63) is 132 Å². The van der Waals surface area contributed by atoms with Crippen molar-refractivity contribution < 1.29 is 0 Å². The number of aryl methyl sites for hydroxylation is 16. The summed E-state index contributed by atoms with van der Waals surface area (Å²) in [4.78, 5) is 42.2. The standard InChI is InChI=1S/C66H60N4O2/c1-21-23(3)39(19)61-59(37(21)17)67-63-49-33(13)29(9)45-41-25(5)28(8)44-48-32(12)36(16)52-58-50(64-68-60-38(18)22(2)24(4)40(20)62(60)70(64)66(52)72)34(14)30(10)46(56(48)58)42-26(6)27(7)43(53(41)54(42)44)47-31(11)35(15)51(57(49)55(45)47)65(71)69(61)63/h1-20H3. The lowest BCUT2D eigenvalue weighted by molar-refractivity contribution is 1.16. The lowest BCUT2D eigenvalue weighted by atomic mass is 9.73. The minimum Gasteiger partial charge on any atom is -0.268 e. The Bertz CT molecular complexity index is 4800. The van der Waals surface area contributed by atoms with Crippen molar-refractivity contribution in [3.8, 4) is 0 Å². The number of fused-ring (bicyclic) bond motifs is 12. The molecular formula is C66H60N4O2. The van der Waals surface area contributed by atoms with Gasteiger partial charge in [0, 0.05) is 21.5 Å². The van der Waals surface area contributed by atoms with Gasteiger partial charge in [-0.25, -0.2) is 9.97 Å². The molecular weight excluding hydrogens is 881 g/mol. The van der Waals surface area contributed by atoms with Crippen LogP contribution in [0.5, 0.6) is 0 Å². The van der Waals surface area contributed by atoms with E-state index in [1.807, 2.05) is 8.80 Å². The van der Waals surface area contributed by atoms with E-state index < -0.39 is 0 Å². The molecule has 0 unspecified atom stereocenters. The van der Waals surface area contributed by atoms with Crippen LogP contribution >= 0.6 is 0 Å². The molecule has 0 fully saturated rings. The Kier molecular flexibility index (Phi) is 7.91. The van der Waals surface area contributed by atoms with E-state index in [1.54, 1.807) is 0 Å². The Balaban J connectivity index is 1.29. The quantitative estimate of drug-likeness (QED) is 0.112. The van der Waals surface area contributed by atoms with Crippen molar-refractivity contribution in [2.75, 3.05) is 0 Å². The Morgan fingerprint density at radius 3 is 0.653 bits per heavy atom. The molecule has 0 saturated heterocycles.